The van der Waals surface area contributed by atoms with Crippen molar-refractivity contribution >= 4 is 11.5 Å². The quantitative estimate of drug-likeness (QED) is 0.828. The van der Waals surface area contributed by atoms with Gasteiger partial charge in [0.25, 0.3) is 0 Å². The van der Waals surface area contributed by atoms with E-state index in [2.05, 4.69) is 66.9 Å². The van der Waals surface area contributed by atoms with E-state index in [-0.39, 0.29) is 6.04 Å². The Morgan fingerprint density at radius 1 is 1.14 bits per heavy atom. The Bertz CT molecular complexity index is 545. The molecule has 2 rings (SSSR count). The van der Waals surface area contributed by atoms with E-state index in [4.69, 9.17) is 0 Å². The Morgan fingerprint density at radius 3 is 2.43 bits per heavy atom. The molecule has 2 aromatic rings. The molecular weight excluding hydrogens is 278 g/mol. The van der Waals surface area contributed by atoms with Gasteiger partial charge in [-0.05, 0) is 41.5 Å². The van der Waals surface area contributed by atoms with Gasteiger partial charge in [-0.2, -0.15) is 0 Å². The lowest BCUT2D eigenvalue weighted by molar-refractivity contribution is 0.625. The van der Waals surface area contributed by atoms with Crippen LogP contribution in [0.2, 0.25) is 0 Å². The van der Waals surface area contributed by atoms with Gasteiger partial charge in [0.2, 0.25) is 0 Å². The second kappa shape index (κ2) is 7.66. The van der Waals surface area contributed by atoms with Gasteiger partial charge in [0.15, 0.2) is 0 Å². The predicted molar refractivity (Wildman–Crippen MR) is 90.0 cm³/mol. The van der Waals surface area contributed by atoms with Crippen LogP contribution in [0, 0.1) is 0 Å². The van der Waals surface area contributed by atoms with Gasteiger partial charge < -0.3 is 5.32 Å². The molecule has 0 radical (unpaired) electrons. The van der Waals surface area contributed by atoms with E-state index in [0.717, 1.165) is 18.7 Å². The Labute approximate surface area is 132 Å². The number of nitrogens with zero attached hydrogens (tertiary/aromatic N) is 2. The SMILES string of the molecule is CCCc1ccc(C(NCC)c2snnc2C(C)C)cc1. The number of nitrogens with one attached hydrogen (secondary N) is 1. The molecule has 0 aliphatic carbocycles. The third-order valence-corrected chi connectivity index (χ3v) is 4.41. The molecule has 0 fully saturated rings. The molecule has 0 saturated carbocycles. The van der Waals surface area contributed by atoms with Crippen LogP contribution < -0.4 is 5.32 Å². The Hall–Kier alpha value is -1.26. The van der Waals surface area contributed by atoms with Crippen LogP contribution in [-0.4, -0.2) is 16.1 Å². The Morgan fingerprint density at radius 2 is 1.86 bits per heavy atom. The first-order valence-electron chi connectivity index (χ1n) is 7.81. The molecule has 114 valence electrons. The number of aromatic nitrogens is 2. The summed E-state index contributed by atoms with van der Waals surface area (Å²) in [7, 11) is 0. The minimum atomic E-state index is 0.197. The summed E-state index contributed by atoms with van der Waals surface area (Å²) in [4.78, 5) is 1.25. The minimum absolute atomic E-state index is 0.197. The highest BCUT2D eigenvalue weighted by Crippen LogP contribution is 2.31. The van der Waals surface area contributed by atoms with Crippen LogP contribution >= 0.6 is 11.5 Å². The topological polar surface area (TPSA) is 37.8 Å². The van der Waals surface area contributed by atoms with Gasteiger partial charge in [-0.15, -0.1) is 5.10 Å². The van der Waals surface area contributed by atoms with Gasteiger partial charge in [0.05, 0.1) is 16.6 Å². The molecule has 4 heteroatoms. The van der Waals surface area contributed by atoms with Gasteiger partial charge in [0.1, 0.15) is 0 Å². The monoisotopic (exact) mass is 303 g/mol. The maximum atomic E-state index is 4.32. The highest BCUT2D eigenvalue weighted by Gasteiger charge is 2.21. The maximum Gasteiger partial charge on any atom is 0.0832 e. The van der Waals surface area contributed by atoms with E-state index in [0.29, 0.717) is 5.92 Å². The number of rotatable bonds is 7. The summed E-state index contributed by atoms with van der Waals surface area (Å²) in [5.41, 5.74) is 3.82. The van der Waals surface area contributed by atoms with Gasteiger partial charge in [-0.1, -0.05) is 62.9 Å². The van der Waals surface area contributed by atoms with Gasteiger partial charge in [-0.3, -0.25) is 0 Å². The molecular formula is C17H25N3S. The van der Waals surface area contributed by atoms with Crippen LogP contribution in [0.5, 0.6) is 0 Å². The zero-order valence-corrected chi connectivity index (χ0v) is 14.2. The highest BCUT2D eigenvalue weighted by molar-refractivity contribution is 7.05. The molecule has 21 heavy (non-hydrogen) atoms. The highest BCUT2D eigenvalue weighted by atomic mass is 32.1. The lowest BCUT2D eigenvalue weighted by Gasteiger charge is -2.19. The van der Waals surface area contributed by atoms with E-state index in [1.165, 1.54) is 34.0 Å². The predicted octanol–water partition coefficient (Wildman–Crippen LogP) is 4.31. The van der Waals surface area contributed by atoms with E-state index < -0.39 is 0 Å². The fraction of sp³-hybridized carbons (Fsp3) is 0.529. The third kappa shape index (κ3) is 3.89. The zero-order chi connectivity index (χ0) is 15.2. The molecule has 0 aliphatic rings. The first kappa shape index (κ1) is 16.1. The van der Waals surface area contributed by atoms with Crippen molar-refractivity contribution in [3.8, 4) is 0 Å². The van der Waals surface area contributed by atoms with Crippen molar-refractivity contribution in [2.24, 2.45) is 0 Å². The fourth-order valence-corrected chi connectivity index (χ4v) is 3.45. The number of benzene rings is 1. The van der Waals surface area contributed by atoms with Crippen LogP contribution in [0.3, 0.4) is 0 Å². The summed E-state index contributed by atoms with van der Waals surface area (Å²) in [6.07, 6.45) is 2.33. The molecule has 1 heterocycles. The first-order valence-corrected chi connectivity index (χ1v) is 8.59. The molecule has 1 aromatic heterocycles. The standard InChI is InChI=1S/C17H25N3S/c1-5-7-13-8-10-14(11-9-13)16(18-6-2)17-15(12(3)4)19-20-21-17/h8-12,16,18H,5-7H2,1-4H3. The zero-order valence-electron chi connectivity index (χ0n) is 13.4. The summed E-state index contributed by atoms with van der Waals surface area (Å²) in [6.45, 7) is 9.63. The van der Waals surface area contributed by atoms with Gasteiger partial charge >= 0.3 is 0 Å². The van der Waals surface area contributed by atoms with E-state index >= 15 is 0 Å². The molecule has 0 saturated heterocycles. The Balaban J connectivity index is 2.31. The van der Waals surface area contributed by atoms with Crippen LogP contribution in [0.25, 0.3) is 0 Å². The summed E-state index contributed by atoms with van der Waals surface area (Å²) < 4.78 is 4.17. The summed E-state index contributed by atoms with van der Waals surface area (Å²) >= 11 is 1.51. The first-order chi connectivity index (χ1) is 10.2. The second-order valence-electron chi connectivity index (χ2n) is 5.66. The maximum absolute atomic E-state index is 4.32. The lowest BCUT2D eigenvalue weighted by Crippen LogP contribution is -2.22. The van der Waals surface area contributed by atoms with Gasteiger partial charge in [-0.25, -0.2) is 0 Å². The van der Waals surface area contributed by atoms with Crippen molar-refractivity contribution in [3.05, 3.63) is 46.0 Å². The van der Waals surface area contributed by atoms with E-state index in [1.54, 1.807) is 0 Å². The molecule has 0 aliphatic heterocycles. The van der Waals surface area contributed by atoms with Crippen molar-refractivity contribution in [2.75, 3.05) is 6.54 Å². The second-order valence-corrected chi connectivity index (χ2v) is 6.45. The van der Waals surface area contributed by atoms with Crippen molar-refractivity contribution < 1.29 is 0 Å². The molecule has 0 spiro atoms. The summed E-state index contributed by atoms with van der Waals surface area (Å²) in [5, 5.41) is 7.90. The smallest absolute Gasteiger partial charge is 0.0832 e. The van der Waals surface area contributed by atoms with Crippen molar-refractivity contribution in [2.45, 2.75) is 52.5 Å². The fourth-order valence-electron chi connectivity index (χ4n) is 2.54. The summed E-state index contributed by atoms with van der Waals surface area (Å²) in [6, 6.07) is 9.16. The molecule has 1 unspecified atom stereocenters. The average molecular weight is 303 g/mol. The van der Waals surface area contributed by atoms with Gasteiger partial charge in [0, 0.05) is 0 Å². The molecule has 1 aromatic carbocycles. The largest absolute Gasteiger partial charge is 0.306 e. The third-order valence-electron chi connectivity index (χ3n) is 3.61. The molecule has 0 bridgehead atoms. The van der Waals surface area contributed by atoms with Crippen molar-refractivity contribution in [1.82, 2.24) is 14.9 Å². The number of hydrogen-bond donors (Lipinski definition) is 1. The van der Waals surface area contributed by atoms with Crippen LogP contribution in [-0.2, 0) is 6.42 Å². The van der Waals surface area contributed by atoms with Crippen molar-refractivity contribution in [3.63, 3.8) is 0 Å². The van der Waals surface area contributed by atoms with Crippen LogP contribution in [0.15, 0.2) is 24.3 Å². The molecule has 0 amide bonds. The van der Waals surface area contributed by atoms with E-state index in [9.17, 15) is 0 Å². The average Bonchev–Trinajstić information content (AvgIpc) is 2.95. The lowest BCUT2D eigenvalue weighted by atomic mass is 9.98. The summed E-state index contributed by atoms with van der Waals surface area (Å²) in [5.74, 6) is 0.402. The van der Waals surface area contributed by atoms with Crippen LogP contribution in [0.1, 0.15) is 67.8 Å². The number of aryl methyl sites for hydroxylation is 1. The molecule has 1 N–H and O–H groups in total. The van der Waals surface area contributed by atoms with E-state index in [1.807, 2.05) is 0 Å². The number of hydrogen-bond acceptors (Lipinski definition) is 4. The normalized spacial score (nSPS) is 12.8. The van der Waals surface area contributed by atoms with Crippen molar-refractivity contribution in [1.29, 1.82) is 0 Å². The minimum Gasteiger partial charge on any atom is -0.306 e. The van der Waals surface area contributed by atoms with Crippen LogP contribution in [0.4, 0.5) is 0 Å². The molecule has 3 nitrogen and oxygen atoms in total. The Kier molecular flexibility index (Phi) is 5.88. The molecule has 1 atom stereocenters.